The zero-order valence-corrected chi connectivity index (χ0v) is 17.2. The van der Waals surface area contributed by atoms with Crippen LogP contribution in [0, 0.1) is 5.82 Å². The maximum atomic E-state index is 13.7. The number of likely N-dealkylation sites (tertiary alicyclic amines) is 1. The number of hydrogen-bond acceptors (Lipinski definition) is 5. The number of nitrogens with zero attached hydrogens (tertiary/aromatic N) is 4. The molecule has 31 heavy (non-hydrogen) atoms. The molecule has 1 aliphatic heterocycles. The second kappa shape index (κ2) is 8.81. The number of aromatic amines is 1. The Morgan fingerprint density at radius 1 is 1.06 bits per heavy atom. The Morgan fingerprint density at radius 3 is 2.84 bits per heavy atom. The van der Waals surface area contributed by atoms with Crippen molar-refractivity contribution in [1.82, 2.24) is 25.1 Å². The molecule has 2 aromatic heterocycles. The highest BCUT2D eigenvalue weighted by molar-refractivity contribution is 5.74. The number of nitrogens with one attached hydrogen (secondary N) is 1. The Bertz CT molecular complexity index is 1180. The van der Waals surface area contributed by atoms with Gasteiger partial charge in [0.2, 0.25) is 0 Å². The number of ether oxygens (including phenoxy) is 1. The molecule has 7 heteroatoms. The minimum absolute atomic E-state index is 0.282. The number of para-hydroxylation sites is 1. The van der Waals surface area contributed by atoms with E-state index >= 15 is 0 Å². The van der Waals surface area contributed by atoms with Gasteiger partial charge in [0.1, 0.15) is 0 Å². The highest BCUT2D eigenvalue weighted by Gasteiger charge is 2.28. The van der Waals surface area contributed by atoms with Crippen LogP contribution in [-0.4, -0.2) is 38.2 Å². The van der Waals surface area contributed by atoms with E-state index in [4.69, 9.17) is 4.74 Å². The molecular weight excluding hydrogens is 393 g/mol. The fourth-order valence-electron chi connectivity index (χ4n) is 4.20. The summed E-state index contributed by atoms with van der Waals surface area (Å²) in [5.74, 6) is -0.0571. The zero-order valence-electron chi connectivity index (χ0n) is 17.2. The molecule has 0 amide bonds. The smallest absolute Gasteiger partial charge is 0.165 e. The van der Waals surface area contributed by atoms with Gasteiger partial charge >= 0.3 is 0 Å². The lowest BCUT2D eigenvalue weighted by molar-refractivity contribution is 0.244. The van der Waals surface area contributed by atoms with E-state index in [-0.39, 0.29) is 17.6 Å². The molecule has 0 bridgehead atoms. The molecule has 1 N–H and O–H groups in total. The third-order valence-electron chi connectivity index (χ3n) is 5.74. The SMILES string of the molecule is Fc1ccccc1OCCc1cc(C2CCCN2Cc2ccc3nccnc3c2)n[nH]1. The van der Waals surface area contributed by atoms with Crippen molar-refractivity contribution in [3.05, 3.63) is 83.7 Å². The topological polar surface area (TPSA) is 66.9 Å². The first kappa shape index (κ1) is 19.6. The summed E-state index contributed by atoms with van der Waals surface area (Å²) < 4.78 is 19.2. The molecule has 0 radical (unpaired) electrons. The largest absolute Gasteiger partial charge is 0.490 e. The molecule has 6 nitrogen and oxygen atoms in total. The number of fused-ring (bicyclic) bond motifs is 1. The van der Waals surface area contributed by atoms with E-state index < -0.39 is 0 Å². The Balaban J connectivity index is 1.22. The van der Waals surface area contributed by atoms with Crippen LogP contribution in [0.4, 0.5) is 4.39 Å². The van der Waals surface area contributed by atoms with Crippen LogP contribution in [0.3, 0.4) is 0 Å². The molecule has 0 spiro atoms. The summed E-state index contributed by atoms with van der Waals surface area (Å²) in [6.45, 7) is 2.30. The van der Waals surface area contributed by atoms with Crippen molar-refractivity contribution in [2.24, 2.45) is 0 Å². The van der Waals surface area contributed by atoms with Crippen LogP contribution in [0.1, 0.15) is 35.8 Å². The van der Waals surface area contributed by atoms with E-state index in [1.54, 1.807) is 30.6 Å². The van der Waals surface area contributed by atoms with Gasteiger partial charge in [0.15, 0.2) is 11.6 Å². The van der Waals surface area contributed by atoms with Crippen molar-refractivity contribution in [2.75, 3.05) is 13.2 Å². The highest BCUT2D eigenvalue weighted by atomic mass is 19.1. The van der Waals surface area contributed by atoms with Crippen LogP contribution < -0.4 is 4.74 Å². The average Bonchev–Trinajstić information content (AvgIpc) is 3.44. The molecule has 3 heterocycles. The molecule has 158 valence electrons. The summed E-state index contributed by atoms with van der Waals surface area (Å²) in [6, 6.07) is 15.1. The van der Waals surface area contributed by atoms with Crippen LogP contribution in [-0.2, 0) is 13.0 Å². The van der Waals surface area contributed by atoms with E-state index in [0.29, 0.717) is 13.0 Å². The lowest BCUT2D eigenvalue weighted by Gasteiger charge is -2.23. The Kier molecular flexibility index (Phi) is 5.58. The van der Waals surface area contributed by atoms with Crippen LogP contribution in [0.15, 0.2) is 60.9 Å². The second-order valence-corrected chi connectivity index (χ2v) is 7.85. The van der Waals surface area contributed by atoms with Crippen LogP contribution in [0.5, 0.6) is 5.75 Å². The highest BCUT2D eigenvalue weighted by Crippen LogP contribution is 2.32. The summed E-state index contributed by atoms with van der Waals surface area (Å²) in [5.41, 5.74) is 5.12. The predicted molar refractivity (Wildman–Crippen MR) is 116 cm³/mol. The first-order chi connectivity index (χ1) is 15.3. The normalized spacial score (nSPS) is 16.7. The number of hydrogen-bond donors (Lipinski definition) is 1. The van der Waals surface area contributed by atoms with Gasteiger partial charge in [-0.1, -0.05) is 18.2 Å². The van der Waals surface area contributed by atoms with Crippen molar-refractivity contribution >= 4 is 11.0 Å². The molecule has 1 aliphatic rings. The molecule has 1 unspecified atom stereocenters. The summed E-state index contributed by atoms with van der Waals surface area (Å²) in [6.07, 6.45) is 6.33. The molecule has 0 aliphatic carbocycles. The van der Waals surface area contributed by atoms with Crippen molar-refractivity contribution in [1.29, 1.82) is 0 Å². The van der Waals surface area contributed by atoms with E-state index in [1.807, 2.05) is 6.07 Å². The quantitative estimate of drug-likeness (QED) is 0.481. The van der Waals surface area contributed by atoms with Gasteiger partial charge in [-0.15, -0.1) is 0 Å². The molecule has 5 rings (SSSR count). The van der Waals surface area contributed by atoms with Gasteiger partial charge in [-0.2, -0.15) is 5.10 Å². The first-order valence-corrected chi connectivity index (χ1v) is 10.6. The van der Waals surface area contributed by atoms with Gasteiger partial charge in [-0.25, -0.2) is 4.39 Å². The zero-order chi connectivity index (χ0) is 21.0. The van der Waals surface area contributed by atoms with Crippen molar-refractivity contribution in [3.8, 4) is 5.75 Å². The molecule has 0 saturated carbocycles. The minimum atomic E-state index is -0.339. The van der Waals surface area contributed by atoms with E-state index in [2.05, 4.69) is 43.3 Å². The molecule has 1 fully saturated rings. The maximum absolute atomic E-state index is 13.7. The van der Waals surface area contributed by atoms with Crippen molar-refractivity contribution in [3.63, 3.8) is 0 Å². The van der Waals surface area contributed by atoms with Gasteiger partial charge in [-0.05, 0) is 55.3 Å². The van der Waals surface area contributed by atoms with Crippen molar-refractivity contribution in [2.45, 2.75) is 31.8 Å². The lowest BCUT2D eigenvalue weighted by Crippen LogP contribution is -2.23. The average molecular weight is 417 g/mol. The monoisotopic (exact) mass is 417 g/mol. The fraction of sp³-hybridized carbons (Fsp3) is 0.292. The molecular formula is C24H24FN5O. The van der Waals surface area contributed by atoms with E-state index in [1.165, 1.54) is 11.6 Å². The van der Waals surface area contributed by atoms with Gasteiger partial charge in [-0.3, -0.25) is 20.0 Å². The Labute approximate surface area is 180 Å². The van der Waals surface area contributed by atoms with Gasteiger partial charge in [0, 0.05) is 31.1 Å². The van der Waals surface area contributed by atoms with Gasteiger partial charge < -0.3 is 4.74 Å². The number of aromatic nitrogens is 4. The number of halogens is 1. The first-order valence-electron chi connectivity index (χ1n) is 10.6. The summed E-state index contributed by atoms with van der Waals surface area (Å²) in [5, 5.41) is 7.69. The number of rotatable bonds is 7. The number of H-pyrrole nitrogens is 1. The fourth-order valence-corrected chi connectivity index (χ4v) is 4.20. The van der Waals surface area contributed by atoms with Crippen LogP contribution >= 0.6 is 0 Å². The summed E-state index contributed by atoms with van der Waals surface area (Å²) >= 11 is 0. The van der Waals surface area contributed by atoms with Gasteiger partial charge in [0.25, 0.3) is 0 Å². The Morgan fingerprint density at radius 2 is 1.94 bits per heavy atom. The third kappa shape index (κ3) is 4.41. The minimum Gasteiger partial charge on any atom is -0.490 e. The summed E-state index contributed by atoms with van der Waals surface area (Å²) in [4.78, 5) is 11.2. The predicted octanol–water partition coefficient (Wildman–Crippen LogP) is 4.45. The van der Waals surface area contributed by atoms with E-state index in [0.717, 1.165) is 48.4 Å². The van der Waals surface area contributed by atoms with Crippen LogP contribution in [0.2, 0.25) is 0 Å². The molecule has 1 atom stereocenters. The standard InChI is InChI=1S/C24H24FN5O/c25-19-4-1-2-6-24(19)31-13-9-18-15-22(29-28-18)23-5-3-12-30(23)16-17-7-8-20-21(14-17)27-11-10-26-20/h1-2,4,6-8,10-11,14-15,23H,3,5,9,12-13,16H2,(H,28,29). The van der Waals surface area contributed by atoms with Crippen molar-refractivity contribution < 1.29 is 9.13 Å². The van der Waals surface area contributed by atoms with Crippen LogP contribution in [0.25, 0.3) is 11.0 Å². The maximum Gasteiger partial charge on any atom is 0.165 e. The van der Waals surface area contributed by atoms with E-state index in [9.17, 15) is 4.39 Å². The second-order valence-electron chi connectivity index (χ2n) is 7.85. The summed E-state index contributed by atoms with van der Waals surface area (Å²) in [7, 11) is 0. The molecule has 4 aromatic rings. The van der Waals surface area contributed by atoms with Gasteiger partial charge in [0.05, 0.1) is 29.4 Å². The molecule has 1 saturated heterocycles. The Hall–Kier alpha value is -3.32. The number of benzene rings is 2. The lowest BCUT2D eigenvalue weighted by atomic mass is 10.1. The molecule has 2 aromatic carbocycles. The third-order valence-corrected chi connectivity index (χ3v) is 5.74.